The molecule has 140 valence electrons. The van der Waals surface area contributed by atoms with Crippen molar-refractivity contribution in [2.75, 3.05) is 20.6 Å². The van der Waals surface area contributed by atoms with E-state index < -0.39 is 34.2 Å². The number of Topliss-reactive ketones (excluding diaryl/α,β-unsaturated/α-hetero) is 1. The molecule has 0 aromatic carbocycles. The molecule has 0 saturated carbocycles. The summed E-state index contributed by atoms with van der Waals surface area (Å²) in [5, 5.41) is 0. The van der Waals surface area contributed by atoms with Gasteiger partial charge in [-0.15, -0.1) is 0 Å². The van der Waals surface area contributed by atoms with E-state index in [0.717, 1.165) is 0 Å². The number of carbonyl (C=O) groups excluding carboxylic acids is 4. The molecule has 7 nitrogen and oxygen atoms in total. The van der Waals surface area contributed by atoms with E-state index in [1.54, 1.807) is 13.8 Å². The lowest BCUT2D eigenvalue weighted by Crippen LogP contribution is -2.47. The van der Waals surface area contributed by atoms with Gasteiger partial charge in [0.15, 0.2) is 5.78 Å². The van der Waals surface area contributed by atoms with E-state index in [1.807, 2.05) is 0 Å². The highest BCUT2D eigenvalue weighted by atomic mass is 16.6. The Hall–Kier alpha value is -1.86. The number of esters is 2. The molecule has 0 aliphatic heterocycles. The fourth-order valence-corrected chi connectivity index (χ4v) is 2.06. The third-order valence-electron chi connectivity index (χ3n) is 4.03. The highest BCUT2D eigenvalue weighted by Crippen LogP contribution is 2.31. The molecule has 0 aliphatic carbocycles. The number of hydrogen-bond donors (Lipinski definition) is 0. The second-order valence-electron chi connectivity index (χ2n) is 7.69. The van der Waals surface area contributed by atoms with Gasteiger partial charge < -0.3 is 14.4 Å². The summed E-state index contributed by atoms with van der Waals surface area (Å²) in [6.45, 7) is 8.77. The van der Waals surface area contributed by atoms with Gasteiger partial charge in [-0.2, -0.15) is 0 Å². The maximum Gasteiger partial charge on any atom is 0.349 e. The van der Waals surface area contributed by atoms with Gasteiger partial charge in [-0.1, -0.05) is 13.8 Å². The molecule has 0 fully saturated rings. The zero-order valence-corrected chi connectivity index (χ0v) is 16.4. The van der Waals surface area contributed by atoms with Crippen molar-refractivity contribution in [3.8, 4) is 0 Å². The van der Waals surface area contributed by atoms with E-state index in [4.69, 9.17) is 12.6 Å². The second-order valence-corrected chi connectivity index (χ2v) is 7.69. The number of methoxy groups -OCH3 is 1. The largest absolute Gasteiger partial charge is 0.466 e. The lowest BCUT2D eigenvalue weighted by molar-refractivity contribution is -0.183. The number of ketones is 1. The lowest BCUT2D eigenvalue weighted by atomic mass is 9.77. The first-order valence-corrected chi connectivity index (χ1v) is 7.94. The molecule has 0 N–H and O–H groups in total. The zero-order valence-electron chi connectivity index (χ0n) is 16.4. The Morgan fingerprint density at radius 2 is 1.44 bits per heavy atom. The van der Waals surface area contributed by atoms with Crippen molar-refractivity contribution >= 4 is 31.5 Å². The van der Waals surface area contributed by atoms with Crippen LogP contribution >= 0.6 is 0 Å². The Morgan fingerprint density at radius 3 is 1.84 bits per heavy atom. The molecule has 0 aliphatic rings. The minimum Gasteiger partial charge on any atom is -0.466 e. The van der Waals surface area contributed by atoms with E-state index in [2.05, 4.69) is 4.74 Å². The molecule has 1 amide bonds. The molecule has 0 aromatic heterocycles. The van der Waals surface area contributed by atoms with Gasteiger partial charge in [0.1, 0.15) is 5.41 Å². The fourth-order valence-electron chi connectivity index (χ4n) is 2.06. The van der Waals surface area contributed by atoms with Crippen molar-refractivity contribution < 1.29 is 28.7 Å². The van der Waals surface area contributed by atoms with E-state index in [1.165, 1.54) is 46.8 Å². The molecule has 0 atom stereocenters. The van der Waals surface area contributed by atoms with Crippen LogP contribution in [0.1, 0.15) is 48.0 Å². The average Bonchev–Trinajstić information content (AvgIpc) is 2.51. The Balaban J connectivity index is 5.26. The van der Waals surface area contributed by atoms with Gasteiger partial charge >= 0.3 is 11.9 Å². The highest BCUT2D eigenvalue weighted by Gasteiger charge is 2.45. The highest BCUT2D eigenvalue weighted by molar-refractivity contribution is 6.10. The van der Waals surface area contributed by atoms with Crippen LogP contribution in [0.5, 0.6) is 0 Å². The molecule has 0 unspecified atom stereocenters. The Morgan fingerprint density at radius 1 is 0.960 bits per heavy atom. The maximum atomic E-state index is 12.6. The SMILES string of the molecule is [B]CN(C)C(=O)C(C)(C)CC(=O)C(C)(C)C(=O)OC(C)(C)C(=O)OC. The van der Waals surface area contributed by atoms with Crippen LogP contribution in [0.2, 0.25) is 0 Å². The first-order chi connectivity index (χ1) is 11.1. The number of carbonyl (C=O) groups is 4. The summed E-state index contributed by atoms with van der Waals surface area (Å²) in [5.74, 6) is -2.36. The molecular formula is C17H28BNO6. The molecule has 25 heavy (non-hydrogen) atoms. The minimum atomic E-state index is -1.52. The molecular weight excluding hydrogens is 325 g/mol. The van der Waals surface area contributed by atoms with Crippen molar-refractivity contribution in [3.05, 3.63) is 0 Å². The van der Waals surface area contributed by atoms with Gasteiger partial charge in [-0.05, 0) is 34.1 Å². The van der Waals surface area contributed by atoms with Gasteiger partial charge in [0.05, 0.1) is 20.4 Å². The number of hydrogen-bond acceptors (Lipinski definition) is 6. The topological polar surface area (TPSA) is 90.0 Å². The number of ether oxygens (including phenoxy) is 2. The van der Waals surface area contributed by atoms with Crippen LogP contribution in [-0.4, -0.2) is 62.6 Å². The monoisotopic (exact) mass is 353 g/mol. The standard InChI is InChI=1S/C17H28BNO6/c1-15(2,12(21)19(7)10-18)9-11(20)16(3,4)13(22)25-17(5,6)14(23)24-8/h9-10H2,1-8H3. The van der Waals surface area contributed by atoms with Crippen LogP contribution in [0.25, 0.3) is 0 Å². The summed E-state index contributed by atoms with van der Waals surface area (Å²) in [7, 11) is 8.16. The van der Waals surface area contributed by atoms with Crippen LogP contribution in [0.15, 0.2) is 0 Å². The summed E-state index contributed by atoms with van der Waals surface area (Å²) in [6, 6.07) is 0. The molecule has 0 aromatic rings. The molecule has 0 bridgehead atoms. The van der Waals surface area contributed by atoms with E-state index in [0.29, 0.717) is 0 Å². The van der Waals surface area contributed by atoms with Crippen LogP contribution in [0.4, 0.5) is 0 Å². The van der Waals surface area contributed by atoms with Gasteiger partial charge in [-0.3, -0.25) is 14.4 Å². The summed E-state index contributed by atoms with van der Waals surface area (Å²) >= 11 is 0. The van der Waals surface area contributed by atoms with Crippen molar-refractivity contribution in [3.63, 3.8) is 0 Å². The lowest BCUT2D eigenvalue weighted by Gasteiger charge is -2.32. The molecule has 0 heterocycles. The van der Waals surface area contributed by atoms with Crippen molar-refractivity contribution in [2.45, 2.75) is 53.6 Å². The second kappa shape index (κ2) is 8.02. The van der Waals surface area contributed by atoms with Crippen LogP contribution in [0.3, 0.4) is 0 Å². The smallest absolute Gasteiger partial charge is 0.349 e. The summed E-state index contributed by atoms with van der Waals surface area (Å²) in [4.78, 5) is 50.3. The summed E-state index contributed by atoms with van der Waals surface area (Å²) < 4.78 is 9.75. The normalized spacial score (nSPS) is 12.3. The third kappa shape index (κ3) is 5.58. The Kier molecular flexibility index (Phi) is 7.42. The van der Waals surface area contributed by atoms with Crippen LogP contribution in [0, 0.1) is 10.8 Å². The van der Waals surface area contributed by atoms with Crippen molar-refractivity contribution in [1.82, 2.24) is 4.90 Å². The average molecular weight is 353 g/mol. The molecule has 0 rings (SSSR count). The number of rotatable bonds is 8. The maximum absolute atomic E-state index is 12.6. The molecule has 2 radical (unpaired) electrons. The molecule has 0 spiro atoms. The number of nitrogens with zero attached hydrogens (tertiary/aromatic N) is 1. The van der Waals surface area contributed by atoms with Crippen LogP contribution in [-0.2, 0) is 28.7 Å². The summed E-state index contributed by atoms with van der Waals surface area (Å²) in [5.41, 5.74) is -4.07. The quantitative estimate of drug-likeness (QED) is 0.368. The van der Waals surface area contributed by atoms with Crippen molar-refractivity contribution in [2.24, 2.45) is 10.8 Å². The number of amides is 1. The fraction of sp³-hybridized carbons (Fsp3) is 0.765. The third-order valence-corrected chi connectivity index (χ3v) is 4.03. The molecule has 0 saturated heterocycles. The Labute approximate surface area is 150 Å². The predicted molar refractivity (Wildman–Crippen MR) is 92.8 cm³/mol. The van der Waals surface area contributed by atoms with E-state index >= 15 is 0 Å². The zero-order chi connectivity index (χ0) is 20.2. The summed E-state index contributed by atoms with van der Waals surface area (Å²) in [6.07, 6.45) is -0.147. The molecule has 8 heteroatoms. The first kappa shape index (κ1) is 23.1. The van der Waals surface area contributed by atoms with Gasteiger partial charge in [0, 0.05) is 13.5 Å². The van der Waals surface area contributed by atoms with E-state index in [9.17, 15) is 19.2 Å². The Bertz CT molecular complexity index is 553. The van der Waals surface area contributed by atoms with Gasteiger partial charge in [0.25, 0.3) is 0 Å². The van der Waals surface area contributed by atoms with E-state index in [-0.39, 0.29) is 18.8 Å². The van der Waals surface area contributed by atoms with Crippen molar-refractivity contribution in [1.29, 1.82) is 0 Å². The van der Waals surface area contributed by atoms with Crippen LogP contribution < -0.4 is 0 Å². The van der Waals surface area contributed by atoms with Gasteiger partial charge in [-0.25, -0.2) is 4.79 Å². The predicted octanol–water partition coefficient (Wildman–Crippen LogP) is 1.08. The minimum absolute atomic E-state index is 0.0230. The first-order valence-electron chi connectivity index (χ1n) is 7.94. The van der Waals surface area contributed by atoms with Gasteiger partial charge in [0.2, 0.25) is 11.5 Å².